The third-order valence-electron chi connectivity index (χ3n) is 2.23. The first kappa shape index (κ1) is 18.2. The molecule has 0 spiro atoms. The van der Waals surface area contributed by atoms with Gasteiger partial charge in [-0.2, -0.15) is 5.10 Å². The minimum atomic E-state index is -0.0387. The summed E-state index contributed by atoms with van der Waals surface area (Å²) in [5.41, 5.74) is 1.02. The number of hydrogen-bond acceptors (Lipinski definition) is 4. The molecule has 0 radical (unpaired) electrons. The number of hydrogen-bond donors (Lipinski definition) is 0. The predicted octanol–water partition coefficient (Wildman–Crippen LogP) is 3.56. The predicted molar refractivity (Wildman–Crippen MR) is 83.3 cm³/mol. The summed E-state index contributed by atoms with van der Waals surface area (Å²) in [7, 11) is 0. The molecule has 2 aromatic rings. The first-order valence-corrected chi connectivity index (χ1v) is 6.49. The van der Waals surface area contributed by atoms with Gasteiger partial charge in [-0.25, -0.2) is 9.67 Å². The fourth-order valence-corrected chi connectivity index (χ4v) is 2.42. The lowest BCUT2D eigenvalue weighted by atomic mass is 10.1. The van der Waals surface area contributed by atoms with Crippen molar-refractivity contribution in [3.63, 3.8) is 0 Å². The molecule has 0 aromatic carbocycles. The van der Waals surface area contributed by atoms with E-state index in [2.05, 4.69) is 35.8 Å². The minimum absolute atomic E-state index is 0. The van der Waals surface area contributed by atoms with Gasteiger partial charge in [-0.05, 0) is 32.9 Å². The Balaban J connectivity index is 0.00000162. The van der Waals surface area contributed by atoms with Crippen LogP contribution in [0.1, 0.15) is 26.5 Å². The molecule has 2 rings (SSSR count). The number of rotatable bonds is 3. The maximum absolute atomic E-state index is 4.29. The highest BCUT2D eigenvalue weighted by Crippen LogP contribution is 2.24. The fourth-order valence-electron chi connectivity index (χ4n) is 1.41. The van der Waals surface area contributed by atoms with Crippen molar-refractivity contribution in [3.8, 4) is 0 Å². The lowest BCUT2D eigenvalue weighted by Gasteiger charge is -2.20. The van der Waals surface area contributed by atoms with Crippen molar-refractivity contribution >= 4 is 36.6 Å². The van der Waals surface area contributed by atoms with E-state index in [-0.39, 0.29) is 30.4 Å². The first-order valence-electron chi connectivity index (χ1n) is 5.50. The Morgan fingerprint density at radius 1 is 1.16 bits per heavy atom. The van der Waals surface area contributed by atoms with Crippen LogP contribution >= 0.6 is 36.6 Å². The normalized spacial score (nSPS) is 10.5. The zero-order valence-corrected chi connectivity index (χ0v) is 13.6. The molecule has 0 unspecified atom stereocenters. The number of pyridine rings is 1. The van der Waals surface area contributed by atoms with Gasteiger partial charge in [0, 0.05) is 11.9 Å². The highest BCUT2D eigenvalue weighted by Gasteiger charge is 2.18. The Kier molecular flexibility index (Phi) is 7.41. The SMILES string of the molecule is CC(C)(C)n1ncnc1SCc1ccccn1.Cl.Cl. The van der Waals surface area contributed by atoms with Gasteiger partial charge in [-0.15, -0.1) is 24.8 Å². The maximum atomic E-state index is 4.29. The summed E-state index contributed by atoms with van der Waals surface area (Å²) in [5, 5.41) is 5.20. The van der Waals surface area contributed by atoms with Crippen molar-refractivity contribution in [2.45, 2.75) is 37.2 Å². The molecule has 0 aliphatic heterocycles. The van der Waals surface area contributed by atoms with E-state index in [1.165, 1.54) is 0 Å². The van der Waals surface area contributed by atoms with Gasteiger partial charge >= 0.3 is 0 Å². The van der Waals surface area contributed by atoms with Crippen molar-refractivity contribution < 1.29 is 0 Å². The van der Waals surface area contributed by atoms with E-state index >= 15 is 0 Å². The molecule has 0 fully saturated rings. The van der Waals surface area contributed by atoms with E-state index in [1.54, 1.807) is 18.1 Å². The Bertz CT molecular complexity index is 482. The highest BCUT2D eigenvalue weighted by atomic mass is 35.5. The monoisotopic (exact) mass is 320 g/mol. The van der Waals surface area contributed by atoms with Gasteiger partial charge in [0.15, 0.2) is 5.16 Å². The molecule has 0 aliphatic carbocycles. The zero-order chi connectivity index (χ0) is 12.3. The average Bonchev–Trinajstić information content (AvgIpc) is 2.75. The molecule has 0 amide bonds. The van der Waals surface area contributed by atoms with Gasteiger partial charge in [0.1, 0.15) is 6.33 Å². The third-order valence-corrected chi connectivity index (χ3v) is 3.20. The quantitative estimate of drug-likeness (QED) is 0.811. The van der Waals surface area contributed by atoms with E-state index in [0.717, 1.165) is 16.6 Å². The second-order valence-electron chi connectivity index (χ2n) is 4.73. The van der Waals surface area contributed by atoms with Crippen LogP contribution in [0.3, 0.4) is 0 Å². The standard InChI is InChI=1S/C12H16N4S.2ClH/c1-12(2,3)16-11(14-9-15-16)17-8-10-6-4-5-7-13-10;;/h4-7,9H,8H2,1-3H3;2*1H. The number of thioether (sulfide) groups is 1. The summed E-state index contributed by atoms with van der Waals surface area (Å²) < 4.78 is 1.95. The average molecular weight is 321 g/mol. The minimum Gasteiger partial charge on any atom is -0.260 e. The molecule has 2 aromatic heterocycles. The number of halogens is 2. The Hall–Kier alpha value is -0.780. The molecule has 2 heterocycles. The molecule has 0 saturated heterocycles. The lowest BCUT2D eigenvalue weighted by molar-refractivity contribution is 0.326. The maximum Gasteiger partial charge on any atom is 0.186 e. The van der Waals surface area contributed by atoms with Gasteiger partial charge in [0.25, 0.3) is 0 Å². The molecule has 0 N–H and O–H groups in total. The van der Waals surface area contributed by atoms with Crippen LogP contribution in [0.2, 0.25) is 0 Å². The first-order chi connectivity index (χ1) is 8.07. The van der Waals surface area contributed by atoms with Crippen LogP contribution < -0.4 is 0 Å². The Morgan fingerprint density at radius 2 is 1.89 bits per heavy atom. The zero-order valence-electron chi connectivity index (χ0n) is 11.1. The van der Waals surface area contributed by atoms with Crippen LogP contribution in [-0.4, -0.2) is 19.7 Å². The van der Waals surface area contributed by atoms with Crippen LogP contribution in [0.25, 0.3) is 0 Å². The van der Waals surface area contributed by atoms with Crippen LogP contribution in [0.4, 0.5) is 0 Å². The van der Waals surface area contributed by atoms with E-state index in [9.17, 15) is 0 Å². The summed E-state index contributed by atoms with van der Waals surface area (Å²) in [5.74, 6) is 0.815. The smallest absolute Gasteiger partial charge is 0.186 e. The second kappa shape index (κ2) is 7.72. The largest absolute Gasteiger partial charge is 0.260 e. The number of aromatic nitrogens is 4. The summed E-state index contributed by atoms with van der Waals surface area (Å²) in [6, 6.07) is 5.94. The molecule has 106 valence electrons. The van der Waals surface area contributed by atoms with Gasteiger partial charge in [0.2, 0.25) is 0 Å². The van der Waals surface area contributed by atoms with Gasteiger partial charge in [0.05, 0.1) is 11.2 Å². The van der Waals surface area contributed by atoms with Gasteiger partial charge in [-0.1, -0.05) is 17.8 Å². The van der Waals surface area contributed by atoms with E-state index < -0.39 is 0 Å². The summed E-state index contributed by atoms with van der Waals surface area (Å²) in [6.07, 6.45) is 3.41. The van der Waals surface area contributed by atoms with Crippen LogP contribution in [-0.2, 0) is 11.3 Å². The molecule has 4 nitrogen and oxygen atoms in total. The molecule has 0 saturated carbocycles. The topological polar surface area (TPSA) is 43.6 Å². The van der Waals surface area contributed by atoms with Crippen LogP contribution in [0, 0.1) is 0 Å². The molecular formula is C12H18Cl2N4S. The van der Waals surface area contributed by atoms with Crippen molar-refractivity contribution in [2.24, 2.45) is 0 Å². The van der Waals surface area contributed by atoms with Crippen molar-refractivity contribution in [1.82, 2.24) is 19.7 Å². The second-order valence-corrected chi connectivity index (χ2v) is 5.68. The van der Waals surface area contributed by atoms with E-state index in [0.29, 0.717) is 0 Å². The van der Waals surface area contributed by atoms with Gasteiger partial charge < -0.3 is 0 Å². The molecule has 19 heavy (non-hydrogen) atoms. The third kappa shape index (κ3) is 5.01. The van der Waals surface area contributed by atoms with Crippen molar-refractivity contribution in [1.29, 1.82) is 0 Å². The Labute approximate surface area is 130 Å². The van der Waals surface area contributed by atoms with E-state index in [4.69, 9.17) is 0 Å². The summed E-state index contributed by atoms with van der Waals surface area (Å²) in [6.45, 7) is 6.35. The van der Waals surface area contributed by atoms with Crippen LogP contribution in [0.15, 0.2) is 35.9 Å². The van der Waals surface area contributed by atoms with Crippen molar-refractivity contribution in [3.05, 3.63) is 36.4 Å². The number of nitrogens with zero attached hydrogens (tertiary/aromatic N) is 4. The molecule has 0 atom stereocenters. The van der Waals surface area contributed by atoms with E-state index in [1.807, 2.05) is 29.1 Å². The van der Waals surface area contributed by atoms with Gasteiger partial charge in [-0.3, -0.25) is 4.98 Å². The fraction of sp³-hybridized carbons (Fsp3) is 0.417. The molecule has 7 heteroatoms. The summed E-state index contributed by atoms with van der Waals surface area (Å²) in [4.78, 5) is 8.58. The highest BCUT2D eigenvalue weighted by molar-refractivity contribution is 7.98. The lowest BCUT2D eigenvalue weighted by Crippen LogP contribution is -2.24. The molecule has 0 aliphatic rings. The molecular weight excluding hydrogens is 303 g/mol. The van der Waals surface area contributed by atoms with Crippen molar-refractivity contribution in [2.75, 3.05) is 0 Å². The van der Waals surface area contributed by atoms with Crippen LogP contribution in [0.5, 0.6) is 0 Å². The summed E-state index contributed by atoms with van der Waals surface area (Å²) >= 11 is 1.66. The Morgan fingerprint density at radius 3 is 2.47 bits per heavy atom. The molecule has 0 bridgehead atoms.